The summed E-state index contributed by atoms with van der Waals surface area (Å²) in [6.07, 6.45) is 10.5. The Morgan fingerprint density at radius 1 is 1.11 bits per heavy atom. The minimum atomic E-state index is -0.563. The van der Waals surface area contributed by atoms with E-state index in [1.54, 1.807) is 24.8 Å². The standard InChI is InChI=1S/C35H33FN6O3.CH4/c1-40-13-4-7-24(40)8-10-39-35(44)26-20-42-29-15-21-5-2-3-6-22(21)16-30(29)45-34-31(42)25(33(26)43)17-27(36)32(34)41-14-9-23(19-41)28-18-37-11-12-38-28;/h2-3,5-6,11-12,15-18,20,23-24H,4,7-10,13-14,19H2,1H3,(H,39,44);1H4/t23-,24+;/m1./s1. The zero-order valence-corrected chi connectivity index (χ0v) is 25.0. The van der Waals surface area contributed by atoms with Crippen LogP contribution >= 0.6 is 0 Å². The topological polar surface area (TPSA) is 92.6 Å². The Morgan fingerprint density at radius 2 is 1.93 bits per heavy atom. The lowest BCUT2D eigenvalue weighted by Crippen LogP contribution is -2.34. The lowest BCUT2D eigenvalue weighted by Gasteiger charge is -2.29. The zero-order chi connectivity index (χ0) is 30.7. The first-order valence-corrected chi connectivity index (χ1v) is 15.6. The number of carbonyl (C=O) groups excluding carboxylic acids is 1. The van der Waals surface area contributed by atoms with Gasteiger partial charge in [-0.15, -0.1) is 0 Å². The summed E-state index contributed by atoms with van der Waals surface area (Å²) in [5, 5.41) is 5.01. The first-order valence-electron chi connectivity index (χ1n) is 15.6. The molecule has 9 nitrogen and oxygen atoms in total. The predicted molar refractivity (Wildman–Crippen MR) is 178 cm³/mol. The molecule has 3 aliphatic rings. The number of likely N-dealkylation sites (tertiary alicyclic amines) is 1. The molecule has 2 fully saturated rings. The molecule has 3 aromatic carbocycles. The number of nitrogens with zero attached hydrogens (tertiary/aromatic N) is 5. The highest BCUT2D eigenvalue weighted by atomic mass is 19.1. The van der Waals surface area contributed by atoms with Crippen molar-refractivity contribution in [3.05, 3.63) is 94.5 Å². The van der Waals surface area contributed by atoms with Gasteiger partial charge < -0.3 is 24.4 Å². The number of hydrogen-bond acceptors (Lipinski definition) is 7. The van der Waals surface area contributed by atoms with Crippen molar-refractivity contribution in [1.82, 2.24) is 24.8 Å². The van der Waals surface area contributed by atoms with Crippen molar-refractivity contribution in [3.63, 3.8) is 0 Å². The van der Waals surface area contributed by atoms with Crippen LogP contribution in [0.5, 0.6) is 11.5 Å². The van der Waals surface area contributed by atoms with Crippen LogP contribution in [0.3, 0.4) is 0 Å². The molecule has 2 atom stereocenters. The molecule has 1 amide bonds. The molecule has 236 valence electrons. The molecule has 0 bridgehead atoms. The molecule has 5 aromatic rings. The number of carbonyl (C=O) groups is 1. The van der Waals surface area contributed by atoms with E-state index in [0.29, 0.717) is 48.3 Å². The van der Waals surface area contributed by atoms with Gasteiger partial charge in [0.15, 0.2) is 17.3 Å². The number of nitrogens with one attached hydrogen (secondary N) is 1. The normalized spacial score (nSPS) is 18.8. The van der Waals surface area contributed by atoms with Gasteiger partial charge in [-0.3, -0.25) is 19.6 Å². The Kier molecular flexibility index (Phi) is 7.68. The van der Waals surface area contributed by atoms with E-state index in [1.807, 2.05) is 45.9 Å². The third-order valence-electron chi connectivity index (χ3n) is 9.65. The first kappa shape index (κ1) is 29.9. The summed E-state index contributed by atoms with van der Waals surface area (Å²) in [5.74, 6) is -0.137. The molecular formula is C36H37FN6O3. The Balaban J connectivity index is 0.00000338. The maximum Gasteiger partial charge on any atom is 0.256 e. The van der Waals surface area contributed by atoms with Gasteiger partial charge in [0.1, 0.15) is 16.8 Å². The average molecular weight is 621 g/mol. The molecule has 0 aliphatic carbocycles. The van der Waals surface area contributed by atoms with E-state index in [0.717, 1.165) is 48.7 Å². The molecule has 0 spiro atoms. The molecule has 0 saturated carbocycles. The largest absolute Gasteiger partial charge is 0.451 e. The number of halogens is 1. The second kappa shape index (κ2) is 11.8. The van der Waals surface area contributed by atoms with Crippen LogP contribution in [0, 0.1) is 5.82 Å². The van der Waals surface area contributed by atoms with E-state index < -0.39 is 17.2 Å². The van der Waals surface area contributed by atoms with Gasteiger partial charge in [-0.25, -0.2) is 4.39 Å². The fraction of sp³-hybridized carbons (Fsp3) is 0.333. The molecule has 0 unspecified atom stereocenters. The van der Waals surface area contributed by atoms with E-state index in [-0.39, 0.29) is 30.0 Å². The van der Waals surface area contributed by atoms with Gasteiger partial charge in [-0.1, -0.05) is 31.7 Å². The van der Waals surface area contributed by atoms with Crippen LogP contribution < -0.4 is 20.4 Å². The Morgan fingerprint density at radius 3 is 2.70 bits per heavy atom. The minimum absolute atomic E-state index is 0. The Hall–Kier alpha value is -4.83. The average Bonchev–Trinajstić information content (AvgIpc) is 3.71. The van der Waals surface area contributed by atoms with Gasteiger partial charge in [0, 0.05) is 56.4 Å². The second-order valence-corrected chi connectivity index (χ2v) is 12.3. The van der Waals surface area contributed by atoms with Gasteiger partial charge in [0.25, 0.3) is 5.91 Å². The summed E-state index contributed by atoms with van der Waals surface area (Å²) in [4.78, 5) is 40.4. The number of aromatic nitrogens is 3. The van der Waals surface area contributed by atoms with E-state index >= 15 is 4.39 Å². The fourth-order valence-electron chi connectivity index (χ4n) is 7.26. The molecule has 5 heterocycles. The highest BCUT2D eigenvalue weighted by Gasteiger charge is 2.34. The molecule has 10 heteroatoms. The molecular weight excluding hydrogens is 583 g/mol. The van der Waals surface area contributed by atoms with Crippen molar-refractivity contribution in [2.45, 2.75) is 45.1 Å². The van der Waals surface area contributed by atoms with Crippen molar-refractivity contribution in [1.29, 1.82) is 0 Å². The molecule has 2 aromatic heterocycles. The Labute approximate surface area is 266 Å². The molecule has 0 radical (unpaired) electrons. The predicted octanol–water partition coefficient (Wildman–Crippen LogP) is 6.02. The van der Waals surface area contributed by atoms with Crippen LogP contribution in [0.15, 0.2) is 72.0 Å². The maximum atomic E-state index is 16.3. The van der Waals surface area contributed by atoms with Crippen molar-refractivity contribution in [2.75, 3.05) is 38.1 Å². The summed E-state index contributed by atoms with van der Waals surface area (Å²) in [6, 6.07) is 13.5. The number of benzene rings is 3. The third kappa shape index (κ3) is 4.97. The number of pyridine rings is 1. The Bertz CT molecular complexity index is 2030. The van der Waals surface area contributed by atoms with E-state index in [1.165, 1.54) is 6.07 Å². The summed E-state index contributed by atoms with van der Waals surface area (Å²) < 4.78 is 24.6. The zero-order valence-electron chi connectivity index (χ0n) is 25.0. The highest BCUT2D eigenvalue weighted by molar-refractivity contribution is 6.02. The number of hydrogen-bond donors (Lipinski definition) is 1. The summed E-state index contributed by atoms with van der Waals surface area (Å²) >= 11 is 0. The number of fused-ring (bicyclic) bond motifs is 3. The number of amides is 1. The van der Waals surface area contributed by atoms with Crippen LogP contribution in [0.1, 0.15) is 55.1 Å². The van der Waals surface area contributed by atoms with Crippen LogP contribution in [-0.2, 0) is 0 Å². The second-order valence-electron chi connectivity index (χ2n) is 12.3. The quantitative estimate of drug-likeness (QED) is 0.243. The highest BCUT2D eigenvalue weighted by Crippen LogP contribution is 2.48. The van der Waals surface area contributed by atoms with Gasteiger partial charge >= 0.3 is 0 Å². The molecule has 8 rings (SSSR count). The molecule has 2 saturated heterocycles. The van der Waals surface area contributed by atoms with Crippen molar-refractivity contribution in [3.8, 4) is 17.2 Å². The van der Waals surface area contributed by atoms with Crippen molar-refractivity contribution < 1.29 is 13.9 Å². The SMILES string of the molecule is C.CN1CCC[C@H]1CCNC(=O)c1cn2c3c(c(N4CC[C@@H](c5cnccn5)C4)c(F)cc3c1=O)Oc1cc3ccccc3cc1-2. The number of rotatable bonds is 6. The smallest absolute Gasteiger partial charge is 0.256 e. The van der Waals surface area contributed by atoms with Crippen LogP contribution in [0.25, 0.3) is 27.4 Å². The monoisotopic (exact) mass is 620 g/mol. The summed E-state index contributed by atoms with van der Waals surface area (Å²) in [7, 11) is 2.10. The maximum absolute atomic E-state index is 16.3. The molecule has 46 heavy (non-hydrogen) atoms. The van der Waals surface area contributed by atoms with Gasteiger partial charge in [0.2, 0.25) is 5.43 Å². The van der Waals surface area contributed by atoms with Crippen molar-refractivity contribution >= 4 is 33.3 Å². The van der Waals surface area contributed by atoms with Crippen molar-refractivity contribution in [2.24, 2.45) is 0 Å². The minimum Gasteiger partial charge on any atom is -0.451 e. The van der Waals surface area contributed by atoms with Crippen LogP contribution in [0.2, 0.25) is 0 Å². The van der Waals surface area contributed by atoms with Crippen LogP contribution in [-0.4, -0.2) is 64.6 Å². The molecule has 1 N–H and O–H groups in total. The summed E-state index contributed by atoms with van der Waals surface area (Å²) in [6.45, 7) is 2.63. The number of anilines is 1. The van der Waals surface area contributed by atoms with E-state index in [2.05, 4.69) is 27.2 Å². The van der Waals surface area contributed by atoms with Crippen LogP contribution in [0.4, 0.5) is 10.1 Å². The lowest BCUT2D eigenvalue weighted by atomic mass is 10.0. The van der Waals surface area contributed by atoms with Gasteiger partial charge in [-0.05, 0) is 68.2 Å². The first-order chi connectivity index (χ1) is 22.0. The fourth-order valence-corrected chi connectivity index (χ4v) is 7.26. The lowest BCUT2D eigenvalue weighted by molar-refractivity contribution is 0.0949. The number of ether oxygens (including phenoxy) is 1. The summed E-state index contributed by atoms with van der Waals surface area (Å²) in [5.41, 5.74) is 1.76. The van der Waals surface area contributed by atoms with E-state index in [4.69, 9.17) is 4.74 Å². The van der Waals surface area contributed by atoms with Gasteiger partial charge in [0.05, 0.1) is 16.8 Å². The third-order valence-corrected chi connectivity index (χ3v) is 9.65. The molecule has 3 aliphatic heterocycles. The van der Waals surface area contributed by atoms with E-state index in [9.17, 15) is 9.59 Å². The van der Waals surface area contributed by atoms with Gasteiger partial charge in [-0.2, -0.15) is 0 Å².